The third kappa shape index (κ3) is 2.62. The maximum atomic E-state index is 14.4. The lowest BCUT2D eigenvalue weighted by Gasteiger charge is -2.47. The van der Waals surface area contributed by atoms with Gasteiger partial charge in [-0.1, -0.05) is 0 Å². The van der Waals surface area contributed by atoms with Crippen molar-refractivity contribution in [2.75, 3.05) is 18.0 Å². The molecule has 7 nitrogen and oxygen atoms in total. The number of fused-ring (bicyclic) bond motifs is 4. The van der Waals surface area contributed by atoms with E-state index in [2.05, 4.69) is 15.5 Å². The number of nitrogens with one attached hydrogen (secondary N) is 2. The number of rotatable bonds is 2. The fourth-order valence-electron chi connectivity index (χ4n) is 4.87. The van der Waals surface area contributed by atoms with Gasteiger partial charge in [-0.15, -0.1) is 0 Å². The van der Waals surface area contributed by atoms with Crippen molar-refractivity contribution < 1.29 is 18.8 Å². The lowest BCUT2D eigenvalue weighted by molar-refractivity contribution is -0.136. The van der Waals surface area contributed by atoms with Crippen molar-refractivity contribution in [3.8, 4) is 0 Å². The first-order valence-electron chi connectivity index (χ1n) is 9.48. The summed E-state index contributed by atoms with van der Waals surface area (Å²) in [5.41, 5.74) is 1.90. The number of carbonyl (C=O) groups excluding carboxylic acids is 3. The second-order valence-electron chi connectivity index (χ2n) is 7.84. The zero-order valence-electron chi connectivity index (χ0n) is 14.8. The maximum Gasteiger partial charge on any atom is 0.255 e. The fourth-order valence-corrected chi connectivity index (χ4v) is 4.87. The van der Waals surface area contributed by atoms with E-state index in [0.29, 0.717) is 24.1 Å². The minimum Gasteiger partial charge on any atom is -0.365 e. The monoisotopic (exact) mass is 372 g/mol. The van der Waals surface area contributed by atoms with Gasteiger partial charge in [0.1, 0.15) is 11.9 Å². The van der Waals surface area contributed by atoms with Gasteiger partial charge in [0.25, 0.3) is 5.91 Å². The Labute approximate surface area is 155 Å². The van der Waals surface area contributed by atoms with Gasteiger partial charge in [-0.05, 0) is 31.4 Å². The Hall–Kier alpha value is -2.48. The van der Waals surface area contributed by atoms with Crippen LogP contribution in [0.2, 0.25) is 0 Å². The van der Waals surface area contributed by atoms with E-state index in [1.54, 1.807) is 0 Å². The predicted molar refractivity (Wildman–Crippen MR) is 94.6 cm³/mol. The molecule has 2 bridgehead atoms. The number of halogens is 1. The SMILES string of the molecule is O=C1CCC(N2Cc3c(cc(F)cc3N3CC4CCC3CN4)C2=O)C(=O)N1. The number of piperazine rings is 1. The zero-order chi connectivity index (χ0) is 18.7. The number of hydrogen-bond acceptors (Lipinski definition) is 5. The molecule has 142 valence electrons. The third-order valence-corrected chi connectivity index (χ3v) is 6.25. The van der Waals surface area contributed by atoms with Gasteiger partial charge in [-0.25, -0.2) is 4.39 Å². The summed E-state index contributed by atoms with van der Waals surface area (Å²) >= 11 is 0. The second kappa shape index (κ2) is 6.02. The van der Waals surface area contributed by atoms with Crippen molar-refractivity contribution in [2.45, 2.75) is 50.4 Å². The summed E-state index contributed by atoms with van der Waals surface area (Å²) in [5, 5.41) is 5.78. The van der Waals surface area contributed by atoms with Crippen molar-refractivity contribution in [3.63, 3.8) is 0 Å². The van der Waals surface area contributed by atoms with Gasteiger partial charge in [0.2, 0.25) is 11.8 Å². The Bertz CT molecular complexity index is 850. The van der Waals surface area contributed by atoms with E-state index >= 15 is 0 Å². The van der Waals surface area contributed by atoms with Gasteiger partial charge in [0, 0.05) is 55.0 Å². The Morgan fingerprint density at radius 2 is 1.93 bits per heavy atom. The molecule has 0 aromatic heterocycles. The number of carbonyl (C=O) groups is 3. The molecule has 2 N–H and O–H groups in total. The van der Waals surface area contributed by atoms with E-state index in [4.69, 9.17) is 0 Å². The first-order valence-corrected chi connectivity index (χ1v) is 9.48. The zero-order valence-corrected chi connectivity index (χ0v) is 14.8. The summed E-state index contributed by atoms with van der Waals surface area (Å²) in [6, 6.07) is 2.78. The van der Waals surface area contributed by atoms with Gasteiger partial charge in [-0.2, -0.15) is 0 Å². The molecule has 0 saturated carbocycles. The van der Waals surface area contributed by atoms with Crippen LogP contribution in [-0.4, -0.2) is 53.8 Å². The summed E-state index contributed by atoms with van der Waals surface area (Å²) in [6.07, 6.45) is 2.67. The molecule has 5 heterocycles. The molecule has 3 amide bonds. The van der Waals surface area contributed by atoms with E-state index in [1.807, 2.05) is 0 Å². The smallest absolute Gasteiger partial charge is 0.255 e. The number of piperidine rings is 3. The summed E-state index contributed by atoms with van der Waals surface area (Å²) in [4.78, 5) is 40.3. The predicted octanol–water partition coefficient (Wildman–Crippen LogP) is 0.527. The average Bonchev–Trinajstić information content (AvgIpc) is 2.99. The van der Waals surface area contributed by atoms with Gasteiger partial charge in [-0.3, -0.25) is 19.7 Å². The lowest BCUT2D eigenvalue weighted by atomic mass is 9.91. The van der Waals surface area contributed by atoms with E-state index in [1.165, 1.54) is 17.0 Å². The Kier molecular flexibility index (Phi) is 3.72. The normalized spacial score (nSPS) is 30.0. The summed E-state index contributed by atoms with van der Waals surface area (Å²) < 4.78 is 14.4. The van der Waals surface area contributed by atoms with Crippen LogP contribution in [0.15, 0.2) is 12.1 Å². The van der Waals surface area contributed by atoms with Crippen LogP contribution in [0.3, 0.4) is 0 Å². The molecule has 3 unspecified atom stereocenters. The van der Waals surface area contributed by atoms with Gasteiger partial charge in [0.15, 0.2) is 0 Å². The summed E-state index contributed by atoms with van der Waals surface area (Å²) in [5.74, 6) is -1.53. The number of imide groups is 1. The largest absolute Gasteiger partial charge is 0.365 e. The molecule has 0 radical (unpaired) electrons. The van der Waals surface area contributed by atoms with Crippen LogP contribution in [-0.2, 0) is 16.1 Å². The van der Waals surface area contributed by atoms with Crippen LogP contribution in [0.5, 0.6) is 0 Å². The summed E-state index contributed by atoms with van der Waals surface area (Å²) in [7, 11) is 0. The Balaban J connectivity index is 1.49. The highest BCUT2D eigenvalue weighted by Crippen LogP contribution is 2.38. The third-order valence-electron chi connectivity index (χ3n) is 6.25. The number of hydrogen-bond donors (Lipinski definition) is 2. The van der Waals surface area contributed by atoms with Crippen LogP contribution < -0.4 is 15.5 Å². The molecule has 4 fully saturated rings. The first kappa shape index (κ1) is 16.7. The molecule has 5 aliphatic rings. The molecular formula is C19H21FN4O3. The van der Waals surface area contributed by atoms with Gasteiger partial charge >= 0.3 is 0 Å². The van der Waals surface area contributed by atoms with E-state index < -0.39 is 17.8 Å². The first-order chi connectivity index (χ1) is 13.0. The highest BCUT2D eigenvalue weighted by molar-refractivity contribution is 6.06. The lowest BCUT2D eigenvalue weighted by Crippen LogP contribution is -2.61. The van der Waals surface area contributed by atoms with Crippen LogP contribution in [0.4, 0.5) is 10.1 Å². The highest BCUT2D eigenvalue weighted by atomic mass is 19.1. The molecule has 5 aliphatic heterocycles. The molecule has 1 aromatic rings. The minimum atomic E-state index is -0.682. The van der Waals surface area contributed by atoms with Gasteiger partial charge < -0.3 is 15.1 Å². The molecule has 6 rings (SSSR count). The molecule has 8 heteroatoms. The van der Waals surface area contributed by atoms with Crippen molar-refractivity contribution >= 4 is 23.4 Å². The Morgan fingerprint density at radius 1 is 1.07 bits per heavy atom. The standard InChI is InChI=1S/C19H21FN4O3/c20-10-5-13-14(16(6-10)23-8-11-1-2-12(23)7-21-11)9-24(19(13)27)15-3-4-17(25)22-18(15)26/h5-6,11-12,15,21H,1-4,7-9H2,(H,22,25,26). The molecule has 4 saturated heterocycles. The maximum absolute atomic E-state index is 14.4. The van der Waals surface area contributed by atoms with E-state index in [9.17, 15) is 18.8 Å². The molecule has 1 aromatic carbocycles. The van der Waals surface area contributed by atoms with E-state index in [0.717, 1.165) is 37.2 Å². The average molecular weight is 372 g/mol. The fraction of sp³-hybridized carbons (Fsp3) is 0.526. The molecule has 27 heavy (non-hydrogen) atoms. The molecular weight excluding hydrogens is 351 g/mol. The molecule has 3 atom stereocenters. The van der Waals surface area contributed by atoms with Gasteiger partial charge in [0.05, 0.1) is 0 Å². The number of benzene rings is 1. The topological polar surface area (TPSA) is 81.8 Å². The van der Waals surface area contributed by atoms with E-state index in [-0.39, 0.29) is 24.8 Å². The minimum absolute atomic E-state index is 0.208. The number of amides is 3. The van der Waals surface area contributed by atoms with Crippen molar-refractivity contribution in [2.24, 2.45) is 0 Å². The molecule has 0 spiro atoms. The number of nitrogens with zero attached hydrogens (tertiary/aromatic N) is 2. The summed E-state index contributed by atoms with van der Waals surface area (Å²) in [6.45, 7) is 1.94. The van der Waals surface area contributed by atoms with Crippen molar-refractivity contribution in [1.82, 2.24) is 15.5 Å². The molecule has 0 aliphatic carbocycles. The second-order valence-corrected chi connectivity index (χ2v) is 7.84. The highest BCUT2D eigenvalue weighted by Gasteiger charge is 2.42. The van der Waals surface area contributed by atoms with Crippen molar-refractivity contribution in [1.29, 1.82) is 0 Å². The van der Waals surface area contributed by atoms with Crippen LogP contribution in [0.25, 0.3) is 0 Å². The number of anilines is 1. The van der Waals surface area contributed by atoms with Crippen molar-refractivity contribution in [3.05, 3.63) is 29.1 Å². The van der Waals surface area contributed by atoms with Crippen LogP contribution in [0.1, 0.15) is 41.6 Å². The quantitative estimate of drug-likeness (QED) is 0.740. The van der Waals surface area contributed by atoms with Crippen LogP contribution >= 0.6 is 0 Å². The van der Waals surface area contributed by atoms with Crippen LogP contribution in [0, 0.1) is 5.82 Å². The Morgan fingerprint density at radius 3 is 2.59 bits per heavy atom.